The average molecular weight is 192 g/mol. The van der Waals surface area contributed by atoms with Gasteiger partial charge in [0.1, 0.15) is 5.82 Å². The molecule has 1 aromatic rings. The predicted octanol–water partition coefficient (Wildman–Crippen LogP) is 1.75. The van der Waals surface area contributed by atoms with Crippen LogP contribution in [-0.4, -0.2) is 10.2 Å². The van der Waals surface area contributed by atoms with Gasteiger partial charge in [0, 0.05) is 0 Å². The van der Waals surface area contributed by atoms with Gasteiger partial charge in [0.2, 0.25) is 0 Å². The fraction of sp³-hybridized carbons (Fsp3) is 0.125. The SMILES string of the molecule is C=C/C(=C\C)N=Nc1c(N)n[nH]c1N. The highest BCUT2D eigenvalue weighted by Gasteiger charge is 2.05. The molecule has 0 saturated heterocycles. The highest BCUT2D eigenvalue weighted by Crippen LogP contribution is 2.26. The van der Waals surface area contributed by atoms with Crippen LogP contribution in [0.2, 0.25) is 0 Å². The molecular formula is C8H12N6. The van der Waals surface area contributed by atoms with Crippen LogP contribution in [0.4, 0.5) is 17.3 Å². The molecule has 0 atom stereocenters. The van der Waals surface area contributed by atoms with Gasteiger partial charge in [0.15, 0.2) is 11.5 Å². The molecule has 1 rings (SSSR count). The number of hydrogen-bond acceptors (Lipinski definition) is 5. The molecule has 0 bridgehead atoms. The summed E-state index contributed by atoms with van der Waals surface area (Å²) in [5.41, 5.74) is 12.0. The number of allylic oxidation sites excluding steroid dienone is 2. The van der Waals surface area contributed by atoms with Crippen LogP contribution < -0.4 is 11.5 Å². The lowest BCUT2D eigenvalue weighted by Crippen LogP contribution is -1.84. The summed E-state index contributed by atoms with van der Waals surface area (Å²) >= 11 is 0. The summed E-state index contributed by atoms with van der Waals surface area (Å²) in [5, 5.41) is 13.9. The third-order valence-corrected chi connectivity index (χ3v) is 1.56. The Balaban J connectivity index is 2.93. The average Bonchev–Trinajstić information content (AvgIpc) is 2.50. The number of aromatic amines is 1. The lowest BCUT2D eigenvalue weighted by Gasteiger charge is -1.91. The fourth-order valence-corrected chi connectivity index (χ4v) is 0.794. The predicted molar refractivity (Wildman–Crippen MR) is 55.9 cm³/mol. The second-order valence-electron chi connectivity index (χ2n) is 2.49. The molecule has 0 amide bonds. The van der Waals surface area contributed by atoms with Crippen molar-refractivity contribution in [3.05, 3.63) is 24.4 Å². The minimum atomic E-state index is 0.228. The summed E-state index contributed by atoms with van der Waals surface area (Å²) in [6.07, 6.45) is 3.35. The Morgan fingerprint density at radius 3 is 2.71 bits per heavy atom. The van der Waals surface area contributed by atoms with E-state index in [1.807, 2.05) is 6.92 Å². The van der Waals surface area contributed by atoms with Crippen LogP contribution in [0.3, 0.4) is 0 Å². The Labute approximate surface area is 81.4 Å². The summed E-state index contributed by atoms with van der Waals surface area (Å²) in [7, 11) is 0. The van der Waals surface area contributed by atoms with E-state index in [1.54, 1.807) is 12.2 Å². The Morgan fingerprint density at radius 1 is 1.57 bits per heavy atom. The third-order valence-electron chi connectivity index (χ3n) is 1.56. The maximum Gasteiger partial charge on any atom is 0.175 e. The molecule has 6 heteroatoms. The number of aromatic nitrogens is 2. The van der Waals surface area contributed by atoms with E-state index in [9.17, 15) is 0 Å². The number of azo groups is 1. The van der Waals surface area contributed by atoms with Crippen LogP contribution in [0.1, 0.15) is 6.92 Å². The molecule has 0 spiro atoms. The van der Waals surface area contributed by atoms with Crippen LogP contribution in [0.25, 0.3) is 0 Å². The van der Waals surface area contributed by atoms with Crippen molar-refractivity contribution in [3.63, 3.8) is 0 Å². The van der Waals surface area contributed by atoms with Gasteiger partial charge in [0.25, 0.3) is 0 Å². The van der Waals surface area contributed by atoms with E-state index in [1.165, 1.54) is 0 Å². The summed E-state index contributed by atoms with van der Waals surface area (Å²) in [4.78, 5) is 0. The van der Waals surface area contributed by atoms with Gasteiger partial charge in [-0.3, -0.25) is 5.10 Å². The second kappa shape index (κ2) is 4.22. The standard InChI is InChI=1S/C8H12N6/c1-3-5(4-2)11-12-6-7(9)13-14-8(6)10/h3-4H,1H2,2H3,(H5,9,10,13,14)/b5-4+,12-11?. The third kappa shape index (κ3) is 1.98. The summed E-state index contributed by atoms with van der Waals surface area (Å²) in [6, 6.07) is 0. The molecule has 6 nitrogen and oxygen atoms in total. The normalized spacial score (nSPS) is 12.2. The molecule has 0 unspecified atom stereocenters. The first kappa shape index (κ1) is 9.97. The fourth-order valence-electron chi connectivity index (χ4n) is 0.794. The first-order valence-electron chi connectivity index (χ1n) is 3.98. The molecule has 1 aromatic heterocycles. The highest BCUT2D eigenvalue weighted by atomic mass is 15.2. The molecule has 5 N–H and O–H groups in total. The number of nitrogens with one attached hydrogen (secondary N) is 1. The molecule has 0 aliphatic rings. The van der Waals surface area contributed by atoms with Gasteiger partial charge in [-0.25, -0.2) is 0 Å². The zero-order valence-electron chi connectivity index (χ0n) is 7.86. The van der Waals surface area contributed by atoms with Crippen LogP contribution in [0.5, 0.6) is 0 Å². The van der Waals surface area contributed by atoms with Gasteiger partial charge in [-0.15, -0.1) is 5.11 Å². The van der Waals surface area contributed by atoms with Gasteiger partial charge in [-0.05, 0) is 13.0 Å². The Morgan fingerprint density at radius 2 is 2.29 bits per heavy atom. The minimum absolute atomic E-state index is 0.228. The van der Waals surface area contributed by atoms with Crippen molar-refractivity contribution in [2.24, 2.45) is 10.2 Å². The Bertz CT molecular complexity index is 367. The lowest BCUT2D eigenvalue weighted by atomic mass is 10.4. The lowest BCUT2D eigenvalue weighted by molar-refractivity contribution is 1.11. The van der Waals surface area contributed by atoms with Crippen LogP contribution in [-0.2, 0) is 0 Å². The first-order chi connectivity index (χ1) is 6.69. The maximum absolute atomic E-state index is 5.51. The molecule has 0 aliphatic carbocycles. The molecule has 1 heterocycles. The second-order valence-corrected chi connectivity index (χ2v) is 2.49. The quantitative estimate of drug-likeness (QED) is 0.501. The smallest absolute Gasteiger partial charge is 0.175 e. The van der Waals surface area contributed by atoms with Crippen LogP contribution in [0, 0.1) is 0 Å². The van der Waals surface area contributed by atoms with E-state index >= 15 is 0 Å². The van der Waals surface area contributed by atoms with Crippen molar-refractivity contribution in [2.75, 3.05) is 11.5 Å². The molecule has 74 valence electrons. The van der Waals surface area contributed by atoms with Crippen LogP contribution >= 0.6 is 0 Å². The monoisotopic (exact) mass is 192 g/mol. The molecule has 0 aliphatic heterocycles. The van der Waals surface area contributed by atoms with Crippen molar-refractivity contribution >= 4 is 17.3 Å². The Kier molecular flexibility index (Phi) is 3.01. The first-order valence-corrected chi connectivity index (χ1v) is 3.98. The van der Waals surface area contributed by atoms with Gasteiger partial charge in [-0.1, -0.05) is 12.7 Å². The summed E-state index contributed by atoms with van der Waals surface area (Å²) < 4.78 is 0. The largest absolute Gasteiger partial charge is 0.382 e. The van der Waals surface area contributed by atoms with E-state index in [-0.39, 0.29) is 5.82 Å². The molecule has 0 fully saturated rings. The van der Waals surface area contributed by atoms with Crippen molar-refractivity contribution in [1.29, 1.82) is 0 Å². The van der Waals surface area contributed by atoms with Crippen molar-refractivity contribution < 1.29 is 0 Å². The molecule has 0 radical (unpaired) electrons. The van der Waals surface area contributed by atoms with Crippen molar-refractivity contribution in [2.45, 2.75) is 6.92 Å². The number of H-pyrrole nitrogens is 1. The van der Waals surface area contributed by atoms with Crippen molar-refractivity contribution in [1.82, 2.24) is 10.2 Å². The number of nitrogens with two attached hydrogens (primary N) is 2. The van der Waals surface area contributed by atoms with E-state index in [4.69, 9.17) is 11.5 Å². The van der Waals surface area contributed by atoms with E-state index in [2.05, 4.69) is 27.0 Å². The summed E-state index contributed by atoms with van der Waals surface area (Å²) in [6.45, 7) is 5.40. The number of hydrogen-bond donors (Lipinski definition) is 3. The van der Waals surface area contributed by atoms with Gasteiger partial charge in [-0.2, -0.15) is 10.2 Å². The minimum Gasteiger partial charge on any atom is -0.382 e. The van der Waals surface area contributed by atoms with E-state index in [0.29, 0.717) is 17.2 Å². The van der Waals surface area contributed by atoms with Gasteiger partial charge < -0.3 is 11.5 Å². The zero-order valence-corrected chi connectivity index (χ0v) is 7.86. The Hall–Kier alpha value is -2.11. The maximum atomic E-state index is 5.51. The summed E-state index contributed by atoms with van der Waals surface area (Å²) in [5.74, 6) is 0.525. The number of nitrogens with zero attached hydrogens (tertiary/aromatic N) is 3. The number of rotatable bonds is 3. The van der Waals surface area contributed by atoms with Crippen LogP contribution in [0.15, 0.2) is 34.7 Å². The number of nitrogen functional groups attached to an aromatic ring is 2. The van der Waals surface area contributed by atoms with Gasteiger partial charge in [0.05, 0.1) is 5.70 Å². The highest BCUT2D eigenvalue weighted by molar-refractivity contribution is 5.70. The van der Waals surface area contributed by atoms with Gasteiger partial charge >= 0.3 is 0 Å². The molecule has 0 aromatic carbocycles. The zero-order chi connectivity index (χ0) is 10.6. The molecular weight excluding hydrogens is 180 g/mol. The van der Waals surface area contributed by atoms with E-state index in [0.717, 1.165) is 0 Å². The molecule has 0 saturated carbocycles. The topological polar surface area (TPSA) is 105 Å². The van der Waals surface area contributed by atoms with Crippen molar-refractivity contribution in [3.8, 4) is 0 Å². The molecule has 14 heavy (non-hydrogen) atoms. The number of anilines is 2. The van der Waals surface area contributed by atoms with E-state index < -0.39 is 0 Å².